The summed E-state index contributed by atoms with van der Waals surface area (Å²) in [4.78, 5) is 0.254. The molecule has 1 heterocycles. The molecular formula is C13H19NO4S2. The van der Waals surface area contributed by atoms with E-state index in [1.807, 2.05) is 13.0 Å². The summed E-state index contributed by atoms with van der Waals surface area (Å²) in [6.45, 7) is 3.57. The van der Waals surface area contributed by atoms with E-state index in [0.29, 0.717) is 12.0 Å². The third kappa shape index (κ3) is 2.89. The number of sulfone groups is 1. The Balaban J connectivity index is 2.38. The number of nitrogens with zero attached hydrogens (tertiary/aromatic N) is 1. The van der Waals surface area contributed by atoms with Crippen molar-refractivity contribution in [3.8, 4) is 0 Å². The first kappa shape index (κ1) is 15.5. The van der Waals surface area contributed by atoms with Crippen LogP contribution in [0.1, 0.15) is 17.5 Å². The fourth-order valence-electron chi connectivity index (χ4n) is 2.40. The Kier molecular flexibility index (Phi) is 3.96. The van der Waals surface area contributed by atoms with Crippen molar-refractivity contribution in [3.63, 3.8) is 0 Å². The zero-order chi connectivity index (χ0) is 15.1. The van der Waals surface area contributed by atoms with Gasteiger partial charge in [-0.1, -0.05) is 12.1 Å². The number of hydrogen-bond acceptors (Lipinski definition) is 4. The van der Waals surface area contributed by atoms with Gasteiger partial charge < -0.3 is 0 Å². The maximum atomic E-state index is 12.6. The van der Waals surface area contributed by atoms with Crippen LogP contribution in [0.3, 0.4) is 0 Å². The SMILES string of the molecule is Cc1ccc(C)c(S(=O)(=O)N(C)[C@@H]2CCS(=O)(=O)C2)c1. The van der Waals surface area contributed by atoms with Crippen LogP contribution in [0.4, 0.5) is 0 Å². The number of hydrogen-bond donors (Lipinski definition) is 0. The highest BCUT2D eigenvalue weighted by atomic mass is 32.2. The summed E-state index contributed by atoms with van der Waals surface area (Å²) in [5, 5.41) is 0. The summed E-state index contributed by atoms with van der Waals surface area (Å²) in [5.41, 5.74) is 1.53. The standard InChI is InChI=1S/C13H19NO4S2/c1-10-4-5-11(2)13(8-10)20(17,18)14(3)12-6-7-19(15,16)9-12/h4-5,8,12H,6-7,9H2,1-3H3/t12-/m1/s1. The van der Waals surface area contributed by atoms with Gasteiger partial charge in [0.2, 0.25) is 10.0 Å². The molecule has 7 heteroatoms. The van der Waals surface area contributed by atoms with Crippen molar-refractivity contribution < 1.29 is 16.8 Å². The molecule has 0 aliphatic carbocycles. The quantitative estimate of drug-likeness (QED) is 0.837. The molecule has 0 spiro atoms. The number of sulfonamides is 1. The predicted molar refractivity (Wildman–Crippen MR) is 77.9 cm³/mol. The molecule has 1 aliphatic heterocycles. The Bertz CT molecular complexity index is 723. The molecule has 112 valence electrons. The molecule has 0 N–H and O–H groups in total. The van der Waals surface area contributed by atoms with Gasteiger partial charge in [-0.15, -0.1) is 0 Å². The lowest BCUT2D eigenvalue weighted by molar-refractivity contribution is 0.393. The topological polar surface area (TPSA) is 71.5 Å². The lowest BCUT2D eigenvalue weighted by atomic mass is 10.2. The van der Waals surface area contributed by atoms with Crippen molar-refractivity contribution in [2.75, 3.05) is 18.6 Å². The molecule has 5 nitrogen and oxygen atoms in total. The molecule has 1 aliphatic rings. The predicted octanol–water partition coefficient (Wildman–Crippen LogP) is 1.11. The van der Waals surface area contributed by atoms with Crippen LogP contribution < -0.4 is 0 Å². The minimum atomic E-state index is -3.66. The zero-order valence-corrected chi connectivity index (χ0v) is 13.5. The number of rotatable bonds is 3. The Hall–Kier alpha value is -0.920. The average Bonchev–Trinajstić information content (AvgIpc) is 2.71. The molecule has 2 rings (SSSR count). The second-order valence-corrected chi connectivity index (χ2v) is 9.54. The second-order valence-electron chi connectivity index (χ2n) is 5.35. The van der Waals surface area contributed by atoms with Crippen LogP contribution in [0.25, 0.3) is 0 Å². The third-order valence-electron chi connectivity index (χ3n) is 3.72. The van der Waals surface area contributed by atoms with Gasteiger partial charge in [-0.05, 0) is 37.5 Å². The van der Waals surface area contributed by atoms with E-state index in [1.54, 1.807) is 19.1 Å². The van der Waals surface area contributed by atoms with E-state index in [0.717, 1.165) is 5.56 Å². The van der Waals surface area contributed by atoms with E-state index in [4.69, 9.17) is 0 Å². The molecule has 0 aromatic heterocycles. The molecule has 0 radical (unpaired) electrons. The van der Waals surface area contributed by atoms with Gasteiger partial charge in [-0.3, -0.25) is 0 Å². The highest BCUT2D eigenvalue weighted by molar-refractivity contribution is 7.92. The van der Waals surface area contributed by atoms with Gasteiger partial charge >= 0.3 is 0 Å². The van der Waals surface area contributed by atoms with E-state index < -0.39 is 25.9 Å². The summed E-state index contributed by atoms with van der Waals surface area (Å²) in [5.74, 6) is -0.0298. The highest BCUT2D eigenvalue weighted by Crippen LogP contribution is 2.25. The van der Waals surface area contributed by atoms with Crippen molar-refractivity contribution in [2.45, 2.75) is 31.2 Å². The van der Waals surface area contributed by atoms with Crippen molar-refractivity contribution in [1.29, 1.82) is 0 Å². The molecule has 1 saturated heterocycles. The van der Waals surface area contributed by atoms with E-state index >= 15 is 0 Å². The number of aryl methyl sites for hydroxylation is 2. The lowest BCUT2D eigenvalue weighted by Gasteiger charge is -2.23. The van der Waals surface area contributed by atoms with E-state index in [-0.39, 0.29) is 16.4 Å². The summed E-state index contributed by atoms with van der Waals surface area (Å²) in [6, 6.07) is 4.78. The van der Waals surface area contributed by atoms with Gasteiger partial charge in [-0.25, -0.2) is 16.8 Å². The molecule has 1 atom stereocenters. The minimum Gasteiger partial charge on any atom is -0.229 e. The van der Waals surface area contributed by atoms with Crippen LogP contribution in [0, 0.1) is 13.8 Å². The first-order valence-electron chi connectivity index (χ1n) is 6.39. The highest BCUT2D eigenvalue weighted by Gasteiger charge is 2.36. The summed E-state index contributed by atoms with van der Waals surface area (Å²) < 4.78 is 49.5. The lowest BCUT2D eigenvalue weighted by Crippen LogP contribution is -2.38. The largest absolute Gasteiger partial charge is 0.243 e. The van der Waals surface area contributed by atoms with Crippen molar-refractivity contribution >= 4 is 19.9 Å². The maximum absolute atomic E-state index is 12.6. The van der Waals surface area contributed by atoms with Crippen LogP contribution in [0.5, 0.6) is 0 Å². The van der Waals surface area contributed by atoms with E-state index in [9.17, 15) is 16.8 Å². The molecule has 1 fully saturated rings. The Morgan fingerprint density at radius 3 is 2.45 bits per heavy atom. The second kappa shape index (κ2) is 5.13. The fourth-order valence-corrected chi connectivity index (χ4v) is 5.96. The van der Waals surface area contributed by atoms with Crippen molar-refractivity contribution in [3.05, 3.63) is 29.3 Å². The Morgan fingerprint density at radius 2 is 1.90 bits per heavy atom. The van der Waals surface area contributed by atoms with Crippen LogP contribution in [0.2, 0.25) is 0 Å². The fraction of sp³-hybridized carbons (Fsp3) is 0.538. The molecule has 1 aromatic carbocycles. The van der Waals surface area contributed by atoms with Crippen molar-refractivity contribution in [1.82, 2.24) is 4.31 Å². The van der Waals surface area contributed by atoms with Gasteiger partial charge in [0, 0.05) is 13.1 Å². The Morgan fingerprint density at radius 1 is 1.25 bits per heavy atom. The van der Waals surface area contributed by atoms with Gasteiger partial charge in [0.05, 0.1) is 16.4 Å². The van der Waals surface area contributed by atoms with Crippen LogP contribution >= 0.6 is 0 Å². The molecule has 0 bridgehead atoms. The van der Waals surface area contributed by atoms with E-state index in [1.165, 1.54) is 11.4 Å². The summed E-state index contributed by atoms with van der Waals surface area (Å²) >= 11 is 0. The van der Waals surface area contributed by atoms with Crippen LogP contribution in [-0.2, 0) is 19.9 Å². The zero-order valence-electron chi connectivity index (χ0n) is 11.8. The van der Waals surface area contributed by atoms with Gasteiger partial charge in [-0.2, -0.15) is 4.31 Å². The first-order valence-corrected chi connectivity index (χ1v) is 9.65. The van der Waals surface area contributed by atoms with Gasteiger partial charge in [0.25, 0.3) is 0 Å². The summed E-state index contributed by atoms with van der Waals surface area (Å²) in [7, 11) is -5.30. The molecule has 1 aromatic rings. The Labute approximate surface area is 120 Å². The van der Waals surface area contributed by atoms with Gasteiger partial charge in [0.1, 0.15) is 0 Å². The smallest absolute Gasteiger partial charge is 0.229 e. The molecular weight excluding hydrogens is 298 g/mol. The minimum absolute atomic E-state index is 0.0598. The third-order valence-corrected chi connectivity index (χ3v) is 7.53. The summed E-state index contributed by atoms with van der Waals surface area (Å²) in [6.07, 6.45) is 0.364. The molecule has 0 unspecified atom stereocenters. The van der Waals surface area contributed by atoms with Crippen molar-refractivity contribution in [2.24, 2.45) is 0 Å². The van der Waals surface area contributed by atoms with Gasteiger partial charge in [0.15, 0.2) is 9.84 Å². The van der Waals surface area contributed by atoms with Crippen LogP contribution in [-0.4, -0.2) is 45.7 Å². The number of benzene rings is 1. The average molecular weight is 317 g/mol. The molecule has 0 amide bonds. The molecule has 0 saturated carbocycles. The molecule has 20 heavy (non-hydrogen) atoms. The van der Waals surface area contributed by atoms with E-state index in [2.05, 4.69) is 0 Å². The maximum Gasteiger partial charge on any atom is 0.243 e. The monoisotopic (exact) mass is 317 g/mol. The van der Waals surface area contributed by atoms with Crippen LogP contribution in [0.15, 0.2) is 23.1 Å². The first-order chi connectivity index (χ1) is 9.13. The normalized spacial score (nSPS) is 22.3.